The number of primary amides is 1. The molecule has 2 heterocycles. The summed E-state index contributed by atoms with van der Waals surface area (Å²) < 4.78 is 0. The molecule has 18 N–H and O–H groups in total. The van der Waals surface area contributed by atoms with Crippen LogP contribution in [0.4, 0.5) is 0 Å². The van der Waals surface area contributed by atoms with E-state index in [9.17, 15) is 48.3 Å². The number of nitrogens with one attached hydrogen (secondary N) is 11. The standard InChI is InChI=1S/C48H67N15O10/c1-3-4-14-34(57-27(2)64)42(68)63-39(23-40(65)66)47(73)62-38(22-30-25-53-26-56-30)46(72)60-36(20-28-11-6-5-7-12-28)44(70)59-35(16-10-19-54-48(51)52)43(69)61-37(45(71)58-33(17-18-49)41(50)67)21-29-24-55-32-15-9-8-13-31(29)32/h5-9,11-13,15,24-26,33-39,55H,3-4,10,14,16-23,49H2,1-2H3,(H2,50,67)(H,53,56)(H,57,64)(H,58,71)(H,59,70)(H,60,72)(H,61,69)(H,62,73)(H,63,68)(H,65,66)(H4,51,52,54)/t33-,34-,35-,36+,37-,38-,39-/m0/s1. The molecule has 0 bridgehead atoms. The van der Waals surface area contributed by atoms with Crippen LogP contribution in [0.25, 0.3) is 10.9 Å². The summed E-state index contributed by atoms with van der Waals surface area (Å²) in [7, 11) is 0. The highest BCUT2D eigenvalue weighted by molar-refractivity contribution is 5.98. The summed E-state index contributed by atoms with van der Waals surface area (Å²) in [5.41, 5.74) is 19.0. The molecule has 73 heavy (non-hydrogen) atoms. The van der Waals surface area contributed by atoms with Gasteiger partial charge in [-0.3, -0.25) is 48.6 Å². The van der Waals surface area contributed by atoms with Crippen LogP contribution in [0.2, 0.25) is 0 Å². The van der Waals surface area contributed by atoms with Gasteiger partial charge in [0.05, 0.1) is 18.4 Å². The number of aliphatic carboxylic acids is 1. The number of H-pyrrole nitrogens is 2. The van der Waals surface area contributed by atoms with Crippen LogP contribution >= 0.6 is 0 Å². The topological polar surface area (TPSA) is 416 Å². The van der Waals surface area contributed by atoms with E-state index in [1.165, 1.54) is 19.4 Å². The molecule has 7 atom stereocenters. The summed E-state index contributed by atoms with van der Waals surface area (Å²) in [4.78, 5) is 131. The van der Waals surface area contributed by atoms with Gasteiger partial charge in [-0.15, -0.1) is 0 Å². The Hall–Kier alpha value is -8.35. The number of amides is 8. The fraction of sp³-hybridized carbons (Fsp3) is 0.438. The zero-order valence-electron chi connectivity index (χ0n) is 40.8. The second-order valence-corrected chi connectivity index (χ2v) is 17.3. The number of aromatic amines is 2. The first-order chi connectivity index (χ1) is 34.9. The zero-order chi connectivity index (χ0) is 53.5. The van der Waals surface area contributed by atoms with Crippen LogP contribution < -0.4 is 59.7 Å². The van der Waals surface area contributed by atoms with Gasteiger partial charge in [-0.05, 0) is 49.4 Å². The Morgan fingerprint density at radius 1 is 0.644 bits per heavy atom. The predicted octanol–water partition coefficient (Wildman–Crippen LogP) is -1.91. The number of aromatic nitrogens is 3. The van der Waals surface area contributed by atoms with E-state index in [-0.39, 0.29) is 69.7 Å². The summed E-state index contributed by atoms with van der Waals surface area (Å²) in [5, 5.41) is 38.9. The molecular weight excluding hydrogens is 947 g/mol. The number of carbonyl (C=O) groups excluding carboxylic acids is 8. The Morgan fingerprint density at radius 3 is 1.75 bits per heavy atom. The SMILES string of the molecule is CCCC[C@H](NC(C)=O)C(=O)N[C@@H](CC(=O)O)C(=O)N[C@@H](Cc1c[nH]cn1)C(=O)N[C@H](Cc1ccccc1)C(=O)N[C@@H](CCCNC(=N)N)C(=O)N[C@@H](Cc1c[nH]c2ccccc12)C(=O)N[C@@H](CCN)C(N)=O. The lowest BCUT2D eigenvalue weighted by atomic mass is 10.0. The quantitative estimate of drug-likeness (QED) is 0.0149. The van der Waals surface area contributed by atoms with Crippen molar-refractivity contribution in [2.45, 2.75) is 120 Å². The van der Waals surface area contributed by atoms with E-state index < -0.39 is 102 Å². The summed E-state index contributed by atoms with van der Waals surface area (Å²) in [6.07, 6.45) is 4.51. The number of rotatable bonds is 31. The van der Waals surface area contributed by atoms with Crippen molar-refractivity contribution in [2.75, 3.05) is 13.1 Å². The first-order valence-electron chi connectivity index (χ1n) is 23.8. The van der Waals surface area contributed by atoms with Crippen LogP contribution in [-0.4, -0.2) is 135 Å². The highest BCUT2D eigenvalue weighted by Gasteiger charge is 2.35. The summed E-state index contributed by atoms with van der Waals surface area (Å²) in [6.45, 7) is 3.19. The Morgan fingerprint density at radius 2 is 1.18 bits per heavy atom. The smallest absolute Gasteiger partial charge is 0.305 e. The summed E-state index contributed by atoms with van der Waals surface area (Å²) in [5.74, 6) is -8.48. The number of nitrogens with zero attached hydrogens (tertiary/aromatic N) is 1. The van der Waals surface area contributed by atoms with Gasteiger partial charge in [0.25, 0.3) is 0 Å². The molecule has 4 aromatic rings. The van der Waals surface area contributed by atoms with Crippen LogP contribution in [0.3, 0.4) is 0 Å². The normalized spacial score (nSPS) is 13.8. The average Bonchev–Trinajstić information content (AvgIpc) is 4.02. The summed E-state index contributed by atoms with van der Waals surface area (Å²) >= 11 is 0. The Kier molecular flexibility index (Phi) is 22.8. The highest BCUT2D eigenvalue weighted by atomic mass is 16.4. The largest absolute Gasteiger partial charge is 0.481 e. The minimum absolute atomic E-state index is 0.0103. The van der Waals surface area contributed by atoms with Gasteiger partial charge < -0.3 is 74.8 Å². The number of unbranched alkanes of at least 4 members (excludes halogenated alkanes) is 1. The van der Waals surface area contributed by atoms with E-state index in [0.29, 0.717) is 24.0 Å². The number of para-hydroxylation sites is 1. The molecule has 8 amide bonds. The van der Waals surface area contributed by atoms with E-state index in [1.54, 1.807) is 42.6 Å². The molecule has 0 saturated carbocycles. The third-order valence-corrected chi connectivity index (χ3v) is 11.5. The van der Waals surface area contributed by atoms with Gasteiger partial charge >= 0.3 is 5.97 Å². The third kappa shape index (κ3) is 19.1. The number of imidazole rings is 1. The fourth-order valence-electron chi connectivity index (χ4n) is 7.80. The number of carboxylic acids is 1. The minimum atomic E-state index is -1.72. The first kappa shape index (κ1) is 57.2. The van der Waals surface area contributed by atoms with Crippen molar-refractivity contribution in [1.82, 2.24) is 57.5 Å². The molecule has 394 valence electrons. The first-order valence-corrected chi connectivity index (χ1v) is 23.8. The molecule has 2 aromatic heterocycles. The maximum Gasteiger partial charge on any atom is 0.305 e. The highest BCUT2D eigenvalue weighted by Crippen LogP contribution is 2.20. The lowest BCUT2D eigenvalue weighted by Gasteiger charge is -2.28. The Labute approximate surface area is 421 Å². The minimum Gasteiger partial charge on any atom is -0.481 e. The van der Waals surface area contributed by atoms with Crippen molar-refractivity contribution in [1.29, 1.82) is 5.41 Å². The van der Waals surface area contributed by atoms with Crippen LogP contribution in [0.5, 0.6) is 0 Å². The molecule has 0 unspecified atom stereocenters. The molecule has 0 spiro atoms. The monoisotopic (exact) mass is 1010 g/mol. The molecule has 0 aliphatic carbocycles. The molecule has 25 heteroatoms. The molecule has 0 radical (unpaired) electrons. The van der Waals surface area contributed by atoms with Crippen molar-refractivity contribution < 1.29 is 48.3 Å². The van der Waals surface area contributed by atoms with Gasteiger partial charge in [0.15, 0.2) is 5.96 Å². The zero-order valence-corrected chi connectivity index (χ0v) is 40.8. The van der Waals surface area contributed by atoms with E-state index in [1.807, 2.05) is 25.1 Å². The number of hydrogen-bond acceptors (Lipinski definition) is 12. The van der Waals surface area contributed by atoms with Gasteiger partial charge in [0.1, 0.15) is 42.3 Å². The molecule has 0 aliphatic rings. The Balaban J connectivity index is 1.67. The van der Waals surface area contributed by atoms with Gasteiger partial charge in [-0.25, -0.2) is 4.98 Å². The number of guanidine groups is 1. The maximum absolute atomic E-state index is 14.6. The van der Waals surface area contributed by atoms with Crippen molar-refractivity contribution in [2.24, 2.45) is 17.2 Å². The van der Waals surface area contributed by atoms with Crippen LogP contribution in [0.1, 0.15) is 75.6 Å². The van der Waals surface area contributed by atoms with Gasteiger partial charge in [0, 0.05) is 56.0 Å². The molecule has 0 saturated heterocycles. The molecule has 4 rings (SSSR count). The number of carbonyl (C=O) groups is 9. The number of fused-ring (bicyclic) bond motifs is 1. The van der Waals surface area contributed by atoms with E-state index in [0.717, 1.165) is 10.9 Å². The van der Waals surface area contributed by atoms with Gasteiger partial charge in [0.2, 0.25) is 47.3 Å². The van der Waals surface area contributed by atoms with Crippen molar-refractivity contribution in [3.05, 3.63) is 90.1 Å². The van der Waals surface area contributed by atoms with Gasteiger partial charge in [-0.2, -0.15) is 0 Å². The molecule has 2 aromatic carbocycles. The number of carboxylic acid groups (broad SMARTS) is 1. The molecule has 0 fully saturated rings. The van der Waals surface area contributed by atoms with Crippen molar-refractivity contribution >= 4 is 70.1 Å². The molecule has 0 aliphatic heterocycles. The lowest BCUT2D eigenvalue weighted by molar-refractivity contribution is -0.141. The van der Waals surface area contributed by atoms with E-state index >= 15 is 0 Å². The Bertz CT molecular complexity index is 2520. The third-order valence-electron chi connectivity index (χ3n) is 11.5. The average molecular weight is 1010 g/mol. The second kappa shape index (κ2) is 29.1. The van der Waals surface area contributed by atoms with Crippen LogP contribution in [-0.2, 0) is 62.4 Å². The van der Waals surface area contributed by atoms with Crippen LogP contribution in [0.15, 0.2) is 73.3 Å². The fourth-order valence-corrected chi connectivity index (χ4v) is 7.80. The van der Waals surface area contributed by atoms with Crippen molar-refractivity contribution in [3.8, 4) is 0 Å². The number of benzene rings is 2. The van der Waals surface area contributed by atoms with E-state index in [2.05, 4.69) is 57.5 Å². The number of hydrogen-bond donors (Lipinski definition) is 15. The van der Waals surface area contributed by atoms with Gasteiger partial charge in [-0.1, -0.05) is 68.3 Å². The lowest BCUT2D eigenvalue weighted by Crippen LogP contribution is -2.61. The van der Waals surface area contributed by atoms with Crippen molar-refractivity contribution in [3.63, 3.8) is 0 Å². The maximum atomic E-state index is 14.6. The molecule has 25 nitrogen and oxygen atoms in total. The predicted molar refractivity (Wildman–Crippen MR) is 267 cm³/mol. The number of nitrogens with two attached hydrogens (primary N) is 3. The van der Waals surface area contributed by atoms with Crippen LogP contribution in [0, 0.1) is 5.41 Å². The summed E-state index contributed by atoms with van der Waals surface area (Å²) in [6, 6.07) is 6.09. The molecular formula is C48H67N15O10. The second-order valence-electron chi connectivity index (χ2n) is 17.3. The van der Waals surface area contributed by atoms with E-state index in [4.69, 9.17) is 22.6 Å².